The highest BCUT2D eigenvalue weighted by Crippen LogP contribution is 2.45. The molecule has 2 bridgehead atoms. The van der Waals surface area contributed by atoms with Gasteiger partial charge >= 0.3 is 5.97 Å². The second-order valence-corrected chi connectivity index (χ2v) is 5.03. The summed E-state index contributed by atoms with van der Waals surface area (Å²) in [5.41, 5.74) is -1.01. The van der Waals surface area contributed by atoms with E-state index >= 15 is 0 Å². The van der Waals surface area contributed by atoms with Gasteiger partial charge in [0.25, 0.3) is 0 Å². The minimum absolute atomic E-state index is 0.108. The summed E-state index contributed by atoms with van der Waals surface area (Å²) in [5.74, 6) is -1.14. The Morgan fingerprint density at radius 3 is 2.85 bits per heavy atom. The van der Waals surface area contributed by atoms with Crippen molar-refractivity contribution in [2.45, 2.75) is 38.4 Å². The first-order valence-electron chi connectivity index (χ1n) is 6.81. The Balaban J connectivity index is 2.33. The normalized spacial score (nSPS) is 31.9. The van der Waals surface area contributed by atoms with E-state index in [0.29, 0.717) is 18.4 Å². The third kappa shape index (κ3) is 2.39. The van der Waals surface area contributed by atoms with E-state index in [1.165, 1.54) is 6.92 Å². The Hall–Kier alpha value is -1.24. The third-order valence-electron chi connectivity index (χ3n) is 3.81. The first kappa shape index (κ1) is 15.2. The molecule has 112 valence electrons. The molecule has 0 amide bonds. The van der Waals surface area contributed by atoms with E-state index in [1.54, 1.807) is 6.92 Å². The molecule has 6 nitrogen and oxygen atoms in total. The fraction of sp³-hybridized carbons (Fsp3) is 0.714. The molecule has 3 aliphatic rings. The van der Waals surface area contributed by atoms with E-state index in [9.17, 15) is 9.59 Å². The van der Waals surface area contributed by atoms with Crippen molar-refractivity contribution >= 4 is 11.8 Å². The molecule has 1 saturated heterocycles. The summed E-state index contributed by atoms with van der Waals surface area (Å²) >= 11 is 0. The van der Waals surface area contributed by atoms with Crippen LogP contribution in [0.5, 0.6) is 0 Å². The topological polar surface area (TPSA) is 82.1 Å². The zero-order chi connectivity index (χ0) is 14.8. The van der Waals surface area contributed by atoms with Crippen LogP contribution in [0.4, 0.5) is 0 Å². The lowest BCUT2D eigenvalue weighted by atomic mass is 9.72. The van der Waals surface area contributed by atoms with Crippen molar-refractivity contribution < 1.29 is 28.9 Å². The van der Waals surface area contributed by atoms with Gasteiger partial charge in [0.15, 0.2) is 5.78 Å². The predicted molar refractivity (Wildman–Crippen MR) is 68.8 cm³/mol. The minimum Gasteiger partial charge on any atom is -0.463 e. The van der Waals surface area contributed by atoms with Gasteiger partial charge in [-0.25, -0.2) is 4.79 Å². The molecule has 0 radical (unpaired) electrons. The zero-order valence-corrected chi connectivity index (χ0v) is 11.8. The van der Waals surface area contributed by atoms with Crippen molar-refractivity contribution in [3.8, 4) is 0 Å². The number of carbonyl (C=O) groups is 2. The third-order valence-corrected chi connectivity index (χ3v) is 3.81. The average molecular weight is 284 g/mol. The van der Waals surface area contributed by atoms with Crippen LogP contribution in [0.3, 0.4) is 0 Å². The van der Waals surface area contributed by atoms with E-state index in [4.69, 9.17) is 19.3 Å². The summed E-state index contributed by atoms with van der Waals surface area (Å²) in [6.07, 6.45) is 3.04. The van der Waals surface area contributed by atoms with Gasteiger partial charge in [-0.05, 0) is 32.3 Å². The number of Topliss-reactive ketones (excluding diaryl/α,β-unsaturated/α-hetero) is 1. The summed E-state index contributed by atoms with van der Waals surface area (Å²) in [7, 11) is 0. The van der Waals surface area contributed by atoms with Gasteiger partial charge in [-0.1, -0.05) is 6.08 Å². The van der Waals surface area contributed by atoms with Crippen LogP contribution in [0.1, 0.15) is 26.7 Å². The molecule has 2 heterocycles. The van der Waals surface area contributed by atoms with E-state index < -0.39 is 11.6 Å². The lowest BCUT2D eigenvalue weighted by Gasteiger charge is -2.46. The molecule has 0 spiro atoms. The highest BCUT2D eigenvalue weighted by atomic mass is 16.6. The number of aliphatic hydroxyl groups excluding tert-OH is 1. The Labute approximate surface area is 117 Å². The highest BCUT2D eigenvalue weighted by molar-refractivity contribution is 6.10. The molecule has 0 aromatic heterocycles. The Bertz CT molecular complexity index is 429. The Kier molecular flexibility index (Phi) is 4.57. The molecule has 1 N–H and O–H groups in total. The van der Waals surface area contributed by atoms with E-state index in [1.807, 2.05) is 6.08 Å². The smallest absolute Gasteiger partial charge is 0.350 e. The predicted octanol–water partition coefficient (Wildman–Crippen LogP) is 0.579. The molecule has 3 atom stereocenters. The van der Waals surface area contributed by atoms with Gasteiger partial charge in [0, 0.05) is 5.92 Å². The number of esters is 1. The molecule has 1 aliphatic carbocycles. The Morgan fingerprint density at radius 1 is 1.55 bits per heavy atom. The fourth-order valence-electron chi connectivity index (χ4n) is 2.99. The maximum atomic E-state index is 12.3. The summed E-state index contributed by atoms with van der Waals surface area (Å²) < 4.78 is 15.8. The summed E-state index contributed by atoms with van der Waals surface area (Å²) in [5, 5.41) is 8.77. The largest absolute Gasteiger partial charge is 0.463 e. The van der Waals surface area contributed by atoms with Gasteiger partial charge in [-0.15, -0.1) is 0 Å². The molecule has 1 fully saturated rings. The highest BCUT2D eigenvalue weighted by Gasteiger charge is 2.57. The molecule has 2 aliphatic heterocycles. The zero-order valence-electron chi connectivity index (χ0n) is 11.8. The van der Waals surface area contributed by atoms with Crippen molar-refractivity contribution in [3.05, 3.63) is 11.6 Å². The average Bonchev–Trinajstić information content (AvgIpc) is 2.45. The van der Waals surface area contributed by atoms with Crippen molar-refractivity contribution in [2.24, 2.45) is 5.92 Å². The van der Waals surface area contributed by atoms with E-state index in [2.05, 4.69) is 0 Å². The molecular weight excluding hydrogens is 264 g/mol. The first-order valence-corrected chi connectivity index (χ1v) is 6.81. The van der Waals surface area contributed by atoms with Crippen molar-refractivity contribution in [2.75, 3.05) is 20.0 Å². The molecular formula is C14H20O6. The minimum atomic E-state index is -1.62. The number of carbonyl (C=O) groups excluding carboxylic acids is 2. The van der Waals surface area contributed by atoms with Gasteiger partial charge in [0.2, 0.25) is 5.60 Å². The summed E-state index contributed by atoms with van der Waals surface area (Å²) in [6.45, 7) is 3.08. The summed E-state index contributed by atoms with van der Waals surface area (Å²) in [4.78, 5) is 24.4. The molecule has 0 unspecified atom stereocenters. The van der Waals surface area contributed by atoms with Crippen LogP contribution in [-0.2, 0) is 23.8 Å². The van der Waals surface area contributed by atoms with Gasteiger partial charge in [-0.2, -0.15) is 0 Å². The second kappa shape index (κ2) is 6.03. The van der Waals surface area contributed by atoms with Crippen LogP contribution in [-0.4, -0.2) is 48.6 Å². The van der Waals surface area contributed by atoms with Crippen molar-refractivity contribution in [3.63, 3.8) is 0 Å². The molecule has 0 saturated carbocycles. The number of hydrogen-bond donors (Lipinski definition) is 1. The van der Waals surface area contributed by atoms with Crippen LogP contribution >= 0.6 is 0 Å². The standard InChI is InChI=1S/C14H20O6/c1-3-19-13(17)14(9(2)16)12-5-4-11(20-14)6-10(12)7-18-8-15/h5,10-11,15H,3-4,6-8H2,1-2H3/t10-,11-,14-/m0/s1. The number of rotatable bonds is 6. The van der Waals surface area contributed by atoms with Crippen molar-refractivity contribution in [1.82, 2.24) is 0 Å². The number of fused-ring (bicyclic) bond motifs is 3. The number of hydrogen-bond acceptors (Lipinski definition) is 6. The molecule has 20 heavy (non-hydrogen) atoms. The van der Waals surface area contributed by atoms with Crippen LogP contribution < -0.4 is 0 Å². The number of ether oxygens (including phenoxy) is 3. The first-order chi connectivity index (χ1) is 9.56. The maximum absolute atomic E-state index is 12.3. The maximum Gasteiger partial charge on any atom is 0.350 e. The summed E-state index contributed by atoms with van der Waals surface area (Å²) in [6, 6.07) is 0. The molecule has 0 aromatic rings. The molecule has 3 rings (SSSR count). The number of aliphatic hydroxyl groups is 1. The van der Waals surface area contributed by atoms with E-state index in [0.717, 1.165) is 0 Å². The lowest BCUT2D eigenvalue weighted by Crippen LogP contribution is -2.59. The SMILES string of the molecule is CCOC(=O)[C@@]1(C(C)=O)O[C@H]2CC=C1[C@H](COCO)C2. The Morgan fingerprint density at radius 2 is 2.30 bits per heavy atom. The fourth-order valence-corrected chi connectivity index (χ4v) is 2.99. The van der Waals surface area contributed by atoms with Crippen molar-refractivity contribution in [1.29, 1.82) is 0 Å². The molecule has 6 heteroatoms. The van der Waals surface area contributed by atoms with Crippen LogP contribution in [0.15, 0.2) is 11.6 Å². The van der Waals surface area contributed by atoms with Gasteiger partial charge < -0.3 is 19.3 Å². The quantitative estimate of drug-likeness (QED) is 0.332. The van der Waals surface area contributed by atoms with Crippen LogP contribution in [0.2, 0.25) is 0 Å². The van der Waals surface area contributed by atoms with Gasteiger partial charge in [0.1, 0.15) is 6.79 Å². The van der Waals surface area contributed by atoms with Crippen LogP contribution in [0, 0.1) is 5.92 Å². The molecule has 0 aromatic carbocycles. The van der Waals surface area contributed by atoms with E-state index in [-0.39, 0.29) is 37.8 Å². The van der Waals surface area contributed by atoms with Crippen LogP contribution in [0.25, 0.3) is 0 Å². The van der Waals surface area contributed by atoms with Gasteiger partial charge in [0.05, 0.1) is 19.3 Å². The number of ketones is 1. The second-order valence-electron chi connectivity index (χ2n) is 5.03. The lowest BCUT2D eigenvalue weighted by molar-refractivity contribution is -0.188. The van der Waals surface area contributed by atoms with Gasteiger partial charge in [-0.3, -0.25) is 4.79 Å². The monoisotopic (exact) mass is 284 g/mol.